The number of carbonyl (C=O) groups is 4. The number of allylic oxidation sites excluding steroid dienone is 1. The van der Waals surface area contributed by atoms with Crippen LogP contribution in [-0.2, 0) is 29.1 Å². The van der Waals surface area contributed by atoms with Crippen LogP contribution in [0.2, 0.25) is 0 Å². The lowest BCUT2D eigenvalue weighted by Gasteiger charge is -2.32. The zero-order chi connectivity index (χ0) is 35.8. The number of nitrogens with one attached hydrogen (secondary N) is 3. The second-order valence-electron chi connectivity index (χ2n) is 14.8. The smallest absolute Gasteiger partial charge is 0.408 e. The van der Waals surface area contributed by atoms with Crippen molar-refractivity contribution < 1.29 is 37.1 Å². The van der Waals surface area contributed by atoms with Crippen molar-refractivity contribution in [1.29, 1.82) is 0 Å². The Morgan fingerprint density at radius 3 is 2.60 bits per heavy atom. The van der Waals surface area contributed by atoms with Crippen molar-refractivity contribution in [3.63, 3.8) is 0 Å². The van der Waals surface area contributed by atoms with Crippen LogP contribution in [-0.4, -0.2) is 108 Å². The number of likely N-dealkylation sites (N-methyl/N-ethyl adjacent to an activating group) is 1. The normalized spacial score (nSPS) is 28.0. The summed E-state index contributed by atoms with van der Waals surface area (Å²) < 4.78 is 39.6. The molecule has 0 spiro atoms. The molecule has 2 saturated carbocycles. The van der Waals surface area contributed by atoms with Gasteiger partial charge >= 0.3 is 6.09 Å². The number of amides is 4. The van der Waals surface area contributed by atoms with E-state index in [0.717, 1.165) is 17.2 Å². The number of carbonyl (C=O) groups excluding carboxylic acids is 4. The van der Waals surface area contributed by atoms with Crippen molar-refractivity contribution in [2.24, 2.45) is 5.92 Å². The molecule has 6 rings (SSSR count). The fourth-order valence-electron chi connectivity index (χ4n) is 6.66. The van der Waals surface area contributed by atoms with Gasteiger partial charge in [-0.3, -0.25) is 19.1 Å². The number of pyridine rings is 1. The summed E-state index contributed by atoms with van der Waals surface area (Å²) in [6.07, 6.45) is 6.57. The molecule has 270 valence electrons. The first-order valence-electron chi connectivity index (χ1n) is 17.2. The molecule has 50 heavy (non-hydrogen) atoms. The lowest BCUT2D eigenvalue weighted by molar-refractivity contribution is -0.141. The third-order valence-corrected chi connectivity index (χ3v) is 11.3. The lowest BCUT2D eigenvalue weighted by Crippen LogP contribution is -2.59. The number of rotatable bonds is 6. The van der Waals surface area contributed by atoms with Gasteiger partial charge in [0.25, 0.3) is 5.91 Å². The molecule has 1 aromatic heterocycles. The molecule has 2 unspecified atom stereocenters. The summed E-state index contributed by atoms with van der Waals surface area (Å²) in [6, 6.07) is 7.25. The van der Waals surface area contributed by atoms with Gasteiger partial charge in [-0.25, -0.2) is 18.2 Å². The molecule has 0 radical (unpaired) electrons. The van der Waals surface area contributed by atoms with Crippen LogP contribution in [0.15, 0.2) is 48.7 Å². The van der Waals surface area contributed by atoms with E-state index in [1.807, 2.05) is 54.4 Å². The van der Waals surface area contributed by atoms with Crippen LogP contribution in [0.1, 0.15) is 59.3 Å². The number of aromatic nitrogens is 1. The monoisotopic (exact) mass is 710 g/mol. The van der Waals surface area contributed by atoms with Crippen LogP contribution in [0.3, 0.4) is 0 Å². The second kappa shape index (κ2) is 13.8. The molecule has 4 amide bonds. The molecule has 2 aliphatic carbocycles. The number of hydrogen-bond donors (Lipinski definition) is 3. The number of alkyl carbamates (subject to hydrolysis) is 1. The van der Waals surface area contributed by atoms with Crippen LogP contribution in [0.5, 0.6) is 5.88 Å². The summed E-state index contributed by atoms with van der Waals surface area (Å²) >= 11 is 0. The zero-order valence-corrected chi connectivity index (χ0v) is 29.7. The number of fused-ring (bicyclic) bond motifs is 3. The molecule has 5 atom stereocenters. The fourth-order valence-corrected chi connectivity index (χ4v) is 8.03. The maximum atomic E-state index is 14.4. The molecule has 15 heteroatoms. The minimum absolute atomic E-state index is 0.00335. The SMILES string of the molecule is CN1CCCC=CC2C[C@@]2(C(=O)NS(=O)(=O)C2CC2)NC(=O)[C@@H]2CC(Oc3nccc4ccccc34)CN2C(=O)[C@@H](NC(=O)OC(C)(C)C)C1. The summed E-state index contributed by atoms with van der Waals surface area (Å²) in [6.45, 7) is 5.91. The predicted octanol–water partition coefficient (Wildman–Crippen LogP) is 2.24. The predicted molar refractivity (Wildman–Crippen MR) is 184 cm³/mol. The van der Waals surface area contributed by atoms with E-state index in [1.165, 1.54) is 4.90 Å². The third kappa shape index (κ3) is 8.04. The average molecular weight is 711 g/mol. The minimum Gasteiger partial charge on any atom is -0.472 e. The third-order valence-electron chi connectivity index (χ3n) is 9.49. The quantitative estimate of drug-likeness (QED) is 0.377. The van der Waals surface area contributed by atoms with Gasteiger partial charge in [-0.15, -0.1) is 0 Å². The van der Waals surface area contributed by atoms with E-state index in [1.54, 1.807) is 27.0 Å². The number of ether oxygens (including phenoxy) is 2. The second-order valence-corrected chi connectivity index (χ2v) is 16.8. The molecule has 3 N–H and O–H groups in total. The van der Waals surface area contributed by atoms with E-state index in [-0.39, 0.29) is 25.9 Å². The first-order chi connectivity index (χ1) is 23.6. The van der Waals surface area contributed by atoms with Gasteiger partial charge in [0.1, 0.15) is 29.3 Å². The van der Waals surface area contributed by atoms with Crippen molar-refractivity contribution in [1.82, 2.24) is 30.1 Å². The highest BCUT2D eigenvalue weighted by Gasteiger charge is 2.62. The van der Waals surface area contributed by atoms with E-state index in [4.69, 9.17) is 9.47 Å². The van der Waals surface area contributed by atoms with Crippen molar-refractivity contribution in [2.75, 3.05) is 26.7 Å². The van der Waals surface area contributed by atoms with Gasteiger partial charge < -0.3 is 29.9 Å². The minimum atomic E-state index is -3.88. The van der Waals surface area contributed by atoms with Gasteiger partial charge in [0.05, 0.1) is 11.8 Å². The summed E-state index contributed by atoms with van der Waals surface area (Å²) in [5, 5.41) is 6.64. The lowest BCUT2D eigenvalue weighted by atomic mass is 10.1. The first kappa shape index (κ1) is 35.6. The van der Waals surface area contributed by atoms with Gasteiger partial charge in [0, 0.05) is 30.5 Å². The molecule has 1 saturated heterocycles. The number of benzene rings is 1. The highest BCUT2D eigenvalue weighted by Crippen LogP contribution is 2.46. The Morgan fingerprint density at radius 1 is 1.10 bits per heavy atom. The zero-order valence-electron chi connectivity index (χ0n) is 28.9. The summed E-state index contributed by atoms with van der Waals surface area (Å²) in [7, 11) is -2.03. The first-order valence-corrected chi connectivity index (χ1v) is 18.7. The van der Waals surface area contributed by atoms with Crippen LogP contribution in [0.25, 0.3) is 10.8 Å². The molecule has 2 aliphatic heterocycles. The Balaban J connectivity index is 1.32. The Labute approximate surface area is 292 Å². The van der Waals surface area contributed by atoms with Gasteiger partial charge in [0.15, 0.2) is 0 Å². The summed E-state index contributed by atoms with van der Waals surface area (Å²) in [4.78, 5) is 63.1. The molecule has 0 bridgehead atoms. The molecule has 3 fully saturated rings. The molecule has 4 aliphatic rings. The van der Waals surface area contributed by atoms with Crippen molar-refractivity contribution in [3.05, 3.63) is 48.7 Å². The standard InChI is InChI=1S/C35H46N6O8S/c1-34(2,3)49-33(45)37-27-21-40(4)17-9-5-6-11-23-19-35(23,32(44)39-50(46,47)25-13-14-25)38-29(42)28-18-24(20-41(28)31(27)43)48-30-26-12-8-7-10-22(26)15-16-36-30/h6-8,10-12,15-16,23-25,27-28H,5,9,13-14,17-21H2,1-4H3,(H,37,45)(H,38,42)(H,39,44)/t23?,24?,27-,28-,35+/m0/s1. The Morgan fingerprint density at radius 2 is 1.86 bits per heavy atom. The van der Waals surface area contributed by atoms with Gasteiger partial charge in [-0.2, -0.15) is 0 Å². The van der Waals surface area contributed by atoms with E-state index in [0.29, 0.717) is 31.7 Å². The Kier molecular flexibility index (Phi) is 9.83. The van der Waals surface area contributed by atoms with Crippen molar-refractivity contribution >= 4 is 44.6 Å². The van der Waals surface area contributed by atoms with Crippen LogP contribution in [0, 0.1) is 5.92 Å². The molecule has 2 aromatic rings. The van der Waals surface area contributed by atoms with Crippen molar-refractivity contribution in [3.8, 4) is 5.88 Å². The van der Waals surface area contributed by atoms with Crippen molar-refractivity contribution in [2.45, 2.75) is 93.9 Å². The fraction of sp³-hybridized carbons (Fsp3) is 0.571. The molecular weight excluding hydrogens is 664 g/mol. The topological polar surface area (TPSA) is 176 Å². The van der Waals surface area contributed by atoms with Gasteiger partial charge in [-0.05, 0) is 84.0 Å². The van der Waals surface area contributed by atoms with Gasteiger partial charge in [0.2, 0.25) is 27.7 Å². The van der Waals surface area contributed by atoms with E-state index < -0.39 is 74.3 Å². The van der Waals surface area contributed by atoms with E-state index in [9.17, 15) is 27.6 Å². The maximum Gasteiger partial charge on any atom is 0.408 e. The largest absolute Gasteiger partial charge is 0.472 e. The van der Waals surface area contributed by atoms with Crippen LogP contribution >= 0.6 is 0 Å². The van der Waals surface area contributed by atoms with E-state index in [2.05, 4.69) is 20.3 Å². The summed E-state index contributed by atoms with van der Waals surface area (Å²) in [5.41, 5.74) is -2.31. The molecular formula is C35H46N6O8S. The number of sulfonamides is 1. The average Bonchev–Trinajstić information content (AvgIpc) is 3.96. The molecule has 1 aromatic carbocycles. The Bertz CT molecular complexity index is 1790. The summed E-state index contributed by atoms with van der Waals surface area (Å²) in [5.74, 6) is -2.01. The number of nitrogens with zero attached hydrogens (tertiary/aromatic N) is 3. The number of hydrogen-bond acceptors (Lipinski definition) is 10. The van der Waals surface area contributed by atoms with Crippen LogP contribution in [0.4, 0.5) is 4.79 Å². The van der Waals surface area contributed by atoms with E-state index >= 15 is 0 Å². The highest BCUT2D eigenvalue weighted by molar-refractivity contribution is 7.91. The molecule has 14 nitrogen and oxygen atoms in total. The highest BCUT2D eigenvalue weighted by atomic mass is 32.2. The molecule has 3 heterocycles. The van der Waals surface area contributed by atoms with Gasteiger partial charge in [-0.1, -0.05) is 30.4 Å². The maximum absolute atomic E-state index is 14.4. The Hall–Kier alpha value is -4.24. The van der Waals surface area contributed by atoms with Crippen LogP contribution < -0.4 is 20.1 Å².